The van der Waals surface area contributed by atoms with Crippen LogP contribution in [-0.4, -0.2) is 15.3 Å². The van der Waals surface area contributed by atoms with Crippen molar-refractivity contribution >= 4 is 28.7 Å². The zero-order valence-corrected chi connectivity index (χ0v) is 13.1. The summed E-state index contributed by atoms with van der Waals surface area (Å²) in [6.07, 6.45) is -2.92. The van der Waals surface area contributed by atoms with Gasteiger partial charge in [-0.25, -0.2) is 4.98 Å². The lowest BCUT2D eigenvalue weighted by molar-refractivity contribution is -0.136. The molecule has 3 aromatic rings. The topological polar surface area (TPSA) is 46.4 Å². The van der Waals surface area contributed by atoms with E-state index < -0.39 is 17.6 Å². The molecule has 0 spiro atoms. The van der Waals surface area contributed by atoms with Crippen LogP contribution in [-0.2, 0) is 6.18 Å². The van der Waals surface area contributed by atoms with Gasteiger partial charge in [-0.05, 0) is 37.3 Å². The van der Waals surface area contributed by atoms with E-state index in [0.717, 1.165) is 12.1 Å². The smallest absolute Gasteiger partial charge is 0.320 e. The van der Waals surface area contributed by atoms with Crippen LogP contribution in [0.15, 0.2) is 42.6 Å². The number of benzene rings is 1. The SMILES string of the molecule is Cc1nc(C(=O)Nc2ccc(Cl)cc2C(F)(F)F)c2ccccn12. The van der Waals surface area contributed by atoms with Gasteiger partial charge in [-0.2, -0.15) is 13.2 Å². The van der Waals surface area contributed by atoms with Crippen molar-refractivity contribution in [1.82, 2.24) is 9.38 Å². The maximum atomic E-state index is 13.1. The summed E-state index contributed by atoms with van der Waals surface area (Å²) in [7, 11) is 0. The van der Waals surface area contributed by atoms with Crippen molar-refractivity contribution in [3.8, 4) is 0 Å². The third-order valence-corrected chi connectivity index (χ3v) is 3.71. The summed E-state index contributed by atoms with van der Waals surface area (Å²) in [5, 5.41) is 2.21. The molecule has 2 aromatic heterocycles. The number of hydrogen-bond donors (Lipinski definition) is 1. The Bertz CT molecular complexity index is 934. The molecule has 0 saturated carbocycles. The number of fused-ring (bicyclic) bond motifs is 1. The molecule has 1 amide bonds. The van der Waals surface area contributed by atoms with Gasteiger partial charge in [0.25, 0.3) is 5.91 Å². The van der Waals surface area contributed by atoms with Gasteiger partial charge < -0.3 is 9.72 Å². The fraction of sp³-hybridized carbons (Fsp3) is 0.125. The van der Waals surface area contributed by atoms with E-state index in [1.54, 1.807) is 35.7 Å². The number of carbonyl (C=O) groups excluding carboxylic acids is 1. The maximum Gasteiger partial charge on any atom is 0.418 e. The highest BCUT2D eigenvalue weighted by Gasteiger charge is 2.34. The summed E-state index contributed by atoms with van der Waals surface area (Å²) in [4.78, 5) is 16.6. The molecule has 3 rings (SSSR count). The van der Waals surface area contributed by atoms with Crippen LogP contribution >= 0.6 is 11.6 Å². The van der Waals surface area contributed by atoms with E-state index in [9.17, 15) is 18.0 Å². The molecule has 0 fully saturated rings. The minimum Gasteiger partial charge on any atom is -0.320 e. The lowest BCUT2D eigenvalue weighted by Gasteiger charge is -2.13. The second-order valence-electron chi connectivity index (χ2n) is 5.11. The molecular weight excluding hydrogens is 343 g/mol. The Kier molecular flexibility index (Phi) is 3.96. The molecule has 0 aliphatic rings. The van der Waals surface area contributed by atoms with Crippen molar-refractivity contribution in [1.29, 1.82) is 0 Å². The van der Waals surface area contributed by atoms with E-state index in [0.29, 0.717) is 11.3 Å². The van der Waals surface area contributed by atoms with Gasteiger partial charge in [0, 0.05) is 11.2 Å². The Morgan fingerprint density at radius 2 is 2.00 bits per heavy atom. The zero-order valence-electron chi connectivity index (χ0n) is 12.4. The Morgan fingerprint density at radius 1 is 1.25 bits per heavy atom. The van der Waals surface area contributed by atoms with Crippen LogP contribution in [0.3, 0.4) is 0 Å². The van der Waals surface area contributed by atoms with Crippen LogP contribution in [0.2, 0.25) is 5.02 Å². The fourth-order valence-corrected chi connectivity index (χ4v) is 2.57. The van der Waals surface area contributed by atoms with Gasteiger partial charge in [-0.1, -0.05) is 17.7 Å². The third kappa shape index (κ3) is 2.94. The molecule has 1 N–H and O–H groups in total. The van der Waals surface area contributed by atoms with Crippen LogP contribution in [0.25, 0.3) is 5.52 Å². The number of imidazole rings is 1. The average molecular weight is 354 g/mol. The number of rotatable bonds is 2. The Labute approximate surface area is 139 Å². The average Bonchev–Trinajstić information content (AvgIpc) is 2.86. The molecular formula is C16H11ClF3N3O. The first kappa shape index (κ1) is 16.3. The maximum absolute atomic E-state index is 13.1. The Hall–Kier alpha value is -2.54. The van der Waals surface area contributed by atoms with Crippen molar-refractivity contribution in [2.45, 2.75) is 13.1 Å². The van der Waals surface area contributed by atoms with Crippen molar-refractivity contribution in [3.63, 3.8) is 0 Å². The molecule has 8 heteroatoms. The Morgan fingerprint density at radius 3 is 2.71 bits per heavy atom. The van der Waals surface area contributed by atoms with Crippen molar-refractivity contribution in [2.24, 2.45) is 0 Å². The number of aromatic nitrogens is 2. The van der Waals surface area contributed by atoms with Gasteiger partial charge in [0.15, 0.2) is 5.69 Å². The standard InChI is InChI=1S/C16H11ClF3N3O/c1-9-21-14(13-4-2-3-7-23(9)13)15(24)22-12-6-5-10(17)8-11(12)16(18,19)20/h2-8H,1H3,(H,22,24). The lowest BCUT2D eigenvalue weighted by Crippen LogP contribution is -2.17. The summed E-state index contributed by atoms with van der Waals surface area (Å²) in [5.74, 6) is -0.164. The van der Waals surface area contributed by atoms with Crippen LogP contribution in [0, 0.1) is 6.92 Å². The van der Waals surface area contributed by atoms with E-state index in [2.05, 4.69) is 10.3 Å². The minimum absolute atomic E-state index is 0.0520. The number of aryl methyl sites for hydroxylation is 1. The lowest BCUT2D eigenvalue weighted by atomic mass is 10.1. The van der Waals surface area contributed by atoms with Gasteiger partial charge >= 0.3 is 6.18 Å². The Balaban J connectivity index is 2.01. The highest BCUT2D eigenvalue weighted by atomic mass is 35.5. The summed E-state index contributed by atoms with van der Waals surface area (Å²) >= 11 is 5.63. The number of halogens is 4. The minimum atomic E-state index is -4.64. The number of pyridine rings is 1. The summed E-state index contributed by atoms with van der Waals surface area (Å²) in [5.41, 5.74) is -0.818. The molecule has 2 heterocycles. The van der Waals surface area contributed by atoms with E-state index in [1.165, 1.54) is 6.07 Å². The quantitative estimate of drug-likeness (QED) is 0.733. The van der Waals surface area contributed by atoms with Gasteiger partial charge in [-0.3, -0.25) is 4.79 Å². The van der Waals surface area contributed by atoms with Gasteiger partial charge in [0.2, 0.25) is 0 Å². The van der Waals surface area contributed by atoms with E-state index in [-0.39, 0.29) is 16.4 Å². The largest absolute Gasteiger partial charge is 0.418 e. The summed E-state index contributed by atoms with van der Waals surface area (Å²) < 4.78 is 41.0. The van der Waals surface area contributed by atoms with Gasteiger partial charge in [0.05, 0.1) is 16.8 Å². The van der Waals surface area contributed by atoms with Crippen molar-refractivity contribution < 1.29 is 18.0 Å². The number of alkyl halides is 3. The third-order valence-electron chi connectivity index (χ3n) is 3.48. The highest BCUT2D eigenvalue weighted by Crippen LogP contribution is 2.36. The number of nitrogens with zero attached hydrogens (tertiary/aromatic N) is 2. The molecule has 124 valence electrons. The molecule has 0 unspecified atom stereocenters. The van der Waals surface area contributed by atoms with E-state index in [4.69, 9.17) is 11.6 Å². The first-order valence-electron chi connectivity index (χ1n) is 6.89. The van der Waals surface area contributed by atoms with Crippen LogP contribution in [0.4, 0.5) is 18.9 Å². The van der Waals surface area contributed by atoms with Crippen LogP contribution < -0.4 is 5.32 Å². The van der Waals surface area contributed by atoms with E-state index in [1.807, 2.05) is 0 Å². The molecule has 24 heavy (non-hydrogen) atoms. The van der Waals surface area contributed by atoms with Gasteiger partial charge in [-0.15, -0.1) is 0 Å². The second-order valence-corrected chi connectivity index (χ2v) is 5.54. The van der Waals surface area contributed by atoms with Crippen molar-refractivity contribution in [3.05, 3.63) is 64.7 Å². The molecule has 1 aromatic carbocycles. The normalized spacial score (nSPS) is 11.7. The first-order valence-corrected chi connectivity index (χ1v) is 7.27. The fourth-order valence-electron chi connectivity index (χ4n) is 2.40. The first-order chi connectivity index (χ1) is 11.3. The predicted molar refractivity (Wildman–Crippen MR) is 84.3 cm³/mol. The van der Waals surface area contributed by atoms with Crippen LogP contribution in [0.1, 0.15) is 21.9 Å². The molecule has 0 aliphatic heterocycles. The summed E-state index contributed by atoms with van der Waals surface area (Å²) in [6.45, 7) is 1.70. The second kappa shape index (κ2) is 5.83. The number of carbonyl (C=O) groups is 1. The van der Waals surface area contributed by atoms with Gasteiger partial charge in [0.1, 0.15) is 5.82 Å². The number of nitrogens with one attached hydrogen (secondary N) is 1. The zero-order chi connectivity index (χ0) is 17.5. The highest BCUT2D eigenvalue weighted by molar-refractivity contribution is 6.30. The number of hydrogen-bond acceptors (Lipinski definition) is 2. The van der Waals surface area contributed by atoms with E-state index >= 15 is 0 Å². The van der Waals surface area contributed by atoms with Crippen molar-refractivity contribution in [2.75, 3.05) is 5.32 Å². The van der Waals surface area contributed by atoms with Crippen LogP contribution in [0.5, 0.6) is 0 Å². The molecule has 0 radical (unpaired) electrons. The number of amides is 1. The predicted octanol–water partition coefficient (Wildman–Crippen LogP) is 4.57. The molecule has 0 bridgehead atoms. The number of anilines is 1. The molecule has 4 nitrogen and oxygen atoms in total. The molecule has 0 aliphatic carbocycles. The molecule has 0 atom stereocenters. The monoisotopic (exact) mass is 353 g/mol. The summed E-state index contributed by atoms with van der Waals surface area (Å²) in [6, 6.07) is 8.33. The molecule has 0 saturated heterocycles.